The van der Waals surface area contributed by atoms with Gasteiger partial charge in [0.1, 0.15) is 0 Å². The molecular weight excluding hydrogens is 248 g/mol. The highest BCUT2D eigenvalue weighted by molar-refractivity contribution is 7.89. The molecule has 1 heterocycles. The van der Waals surface area contributed by atoms with Crippen molar-refractivity contribution >= 4 is 10.0 Å². The van der Waals surface area contributed by atoms with Gasteiger partial charge in [-0.25, -0.2) is 12.7 Å². The van der Waals surface area contributed by atoms with Crippen LogP contribution >= 0.6 is 0 Å². The molecule has 0 amide bonds. The van der Waals surface area contributed by atoms with Gasteiger partial charge >= 0.3 is 0 Å². The average molecular weight is 274 g/mol. The lowest BCUT2D eigenvalue weighted by Crippen LogP contribution is -2.43. The van der Waals surface area contributed by atoms with Crippen molar-refractivity contribution in [2.24, 2.45) is 5.92 Å². The average Bonchev–Trinajstić information content (AvgIpc) is 3.00. The van der Waals surface area contributed by atoms with Crippen LogP contribution in [0.3, 0.4) is 0 Å². The monoisotopic (exact) mass is 274 g/mol. The number of hydrogen-bond donors (Lipinski definition) is 1. The molecule has 1 saturated heterocycles. The van der Waals surface area contributed by atoms with Crippen molar-refractivity contribution < 1.29 is 8.42 Å². The van der Waals surface area contributed by atoms with Crippen molar-refractivity contribution in [2.45, 2.75) is 51.5 Å². The second-order valence-corrected chi connectivity index (χ2v) is 7.81. The molecule has 1 unspecified atom stereocenters. The number of nitrogens with zero attached hydrogens (tertiary/aromatic N) is 1. The third kappa shape index (κ3) is 4.21. The predicted molar refractivity (Wildman–Crippen MR) is 74.0 cm³/mol. The number of hydrogen-bond acceptors (Lipinski definition) is 3. The minimum Gasteiger partial charge on any atom is -0.313 e. The highest BCUT2D eigenvalue weighted by Crippen LogP contribution is 2.31. The number of rotatable bonds is 8. The molecular formula is C13H26N2O2S. The van der Waals surface area contributed by atoms with Crippen LogP contribution in [0.25, 0.3) is 0 Å². The van der Waals surface area contributed by atoms with Gasteiger partial charge in [-0.05, 0) is 44.6 Å². The van der Waals surface area contributed by atoms with Crippen LogP contribution in [-0.4, -0.2) is 44.2 Å². The van der Waals surface area contributed by atoms with Crippen molar-refractivity contribution in [2.75, 3.05) is 25.4 Å². The van der Waals surface area contributed by atoms with Gasteiger partial charge in [-0.1, -0.05) is 13.3 Å². The Morgan fingerprint density at radius 2 is 2.00 bits per heavy atom. The Morgan fingerprint density at radius 1 is 1.22 bits per heavy atom. The molecule has 0 spiro atoms. The highest BCUT2D eigenvalue weighted by Gasteiger charge is 2.32. The molecule has 1 atom stereocenters. The van der Waals surface area contributed by atoms with Gasteiger partial charge in [-0.15, -0.1) is 0 Å². The zero-order valence-electron chi connectivity index (χ0n) is 11.4. The minimum atomic E-state index is -3.03. The molecule has 5 heteroatoms. The van der Waals surface area contributed by atoms with E-state index in [0.717, 1.165) is 32.4 Å². The lowest BCUT2D eigenvalue weighted by molar-refractivity contribution is 0.358. The molecule has 0 radical (unpaired) electrons. The van der Waals surface area contributed by atoms with Crippen LogP contribution in [0.15, 0.2) is 0 Å². The molecule has 1 N–H and O–H groups in total. The van der Waals surface area contributed by atoms with Crippen LogP contribution in [0.1, 0.15) is 45.4 Å². The maximum Gasteiger partial charge on any atom is 0.214 e. The molecule has 106 valence electrons. The summed E-state index contributed by atoms with van der Waals surface area (Å²) in [6, 6.07) is 0.375. The number of nitrogens with one attached hydrogen (secondary N) is 1. The number of unbranched alkanes of at least 4 members (excludes halogenated alkanes) is 1. The van der Waals surface area contributed by atoms with Gasteiger partial charge in [0.2, 0.25) is 10.0 Å². The van der Waals surface area contributed by atoms with Crippen LogP contribution < -0.4 is 5.32 Å². The zero-order chi connectivity index (χ0) is 13.0. The molecule has 1 saturated carbocycles. The van der Waals surface area contributed by atoms with Crippen LogP contribution in [0.4, 0.5) is 0 Å². The number of sulfonamides is 1. The summed E-state index contributed by atoms with van der Waals surface area (Å²) in [5.74, 6) is 0.950. The second-order valence-electron chi connectivity index (χ2n) is 5.72. The van der Waals surface area contributed by atoms with Gasteiger partial charge in [0, 0.05) is 19.1 Å². The zero-order valence-corrected chi connectivity index (χ0v) is 12.2. The smallest absolute Gasteiger partial charge is 0.214 e. The van der Waals surface area contributed by atoms with Crippen molar-refractivity contribution in [1.29, 1.82) is 0 Å². The molecule has 1 aliphatic carbocycles. The van der Waals surface area contributed by atoms with E-state index in [2.05, 4.69) is 5.32 Å². The molecule has 0 aromatic rings. The standard InChI is InChI=1S/C13H26N2O2S/c1-2-3-9-18(16,17)15(10-12-6-7-12)11-13-5-4-8-14-13/h12-14H,2-11H2,1H3. The van der Waals surface area contributed by atoms with Gasteiger partial charge < -0.3 is 5.32 Å². The highest BCUT2D eigenvalue weighted by atomic mass is 32.2. The largest absolute Gasteiger partial charge is 0.313 e. The van der Waals surface area contributed by atoms with E-state index in [1.807, 2.05) is 6.92 Å². The molecule has 2 fully saturated rings. The Morgan fingerprint density at radius 3 is 2.56 bits per heavy atom. The Kier molecular flexibility index (Phi) is 5.04. The van der Waals surface area contributed by atoms with Crippen LogP contribution in [-0.2, 0) is 10.0 Å². The van der Waals surface area contributed by atoms with E-state index in [9.17, 15) is 8.42 Å². The lowest BCUT2D eigenvalue weighted by atomic mass is 10.2. The molecule has 1 aliphatic heterocycles. The van der Waals surface area contributed by atoms with Gasteiger partial charge in [0.15, 0.2) is 0 Å². The van der Waals surface area contributed by atoms with E-state index in [1.54, 1.807) is 4.31 Å². The van der Waals surface area contributed by atoms with Crippen molar-refractivity contribution in [3.8, 4) is 0 Å². The van der Waals surface area contributed by atoms with E-state index in [-0.39, 0.29) is 0 Å². The van der Waals surface area contributed by atoms with Crippen molar-refractivity contribution in [1.82, 2.24) is 9.62 Å². The molecule has 0 aromatic carbocycles. The maximum absolute atomic E-state index is 12.3. The summed E-state index contributed by atoms with van der Waals surface area (Å²) in [7, 11) is -3.03. The summed E-state index contributed by atoms with van der Waals surface area (Å²) in [5, 5.41) is 3.40. The second kappa shape index (κ2) is 6.35. The van der Waals surface area contributed by atoms with E-state index in [1.165, 1.54) is 19.3 Å². The predicted octanol–water partition coefficient (Wildman–Crippen LogP) is 1.58. The van der Waals surface area contributed by atoms with E-state index < -0.39 is 10.0 Å². The normalized spacial score (nSPS) is 24.9. The summed E-state index contributed by atoms with van der Waals surface area (Å²) < 4.78 is 26.4. The maximum atomic E-state index is 12.3. The fourth-order valence-corrected chi connectivity index (χ4v) is 4.26. The molecule has 2 aliphatic rings. The third-order valence-electron chi connectivity index (χ3n) is 3.89. The summed E-state index contributed by atoms with van der Waals surface area (Å²) in [6.07, 6.45) is 6.43. The quantitative estimate of drug-likeness (QED) is 0.731. The minimum absolute atomic E-state index is 0.322. The fourth-order valence-electron chi connectivity index (χ4n) is 2.50. The van der Waals surface area contributed by atoms with Crippen molar-refractivity contribution in [3.63, 3.8) is 0 Å². The van der Waals surface area contributed by atoms with Gasteiger partial charge in [-0.3, -0.25) is 0 Å². The van der Waals surface area contributed by atoms with E-state index >= 15 is 0 Å². The summed E-state index contributed by atoms with van der Waals surface area (Å²) >= 11 is 0. The molecule has 0 bridgehead atoms. The lowest BCUT2D eigenvalue weighted by Gasteiger charge is -2.25. The molecule has 0 aromatic heterocycles. The SMILES string of the molecule is CCCCS(=O)(=O)N(CC1CC1)CC1CCCN1. The molecule has 18 heavy (non-hydrogen) atoms. The van der Waals surface area contributed by atoms with E-state index in [4.69, 9.17) is 0 Å². The first-order valence-corrected chi connectivity index (χ1v) is 8.94. The Balaban J connectivity index is 1.93. The van der Waals surface area contributed by atoms with Gasteiger partial charge in [-0.2, -0.15) is 0 Å². The fraction of sp³-hybridized carbons (Fsp3) is 1.00. The van der Waals surface area contributed by atoms with Crippen LogP contribution in [0.2, 0.25) is 0 Å². The van der Waals surface area contributed by atoms with Crippen LogP contribution in [0.5, 0.6) is 0 Å². The first-order chi connectivity index (χ1) is 8.62. The summed E-state index contributed by atoms with van der Waals surface area (Å²) in [6.45, 7) is 4.52. The Bertz CT molecular complexity index is 346. The first-order valence-electron chi connectivity index (χ1n) is 7.33. The molecule has 2 rings (SSSR count). The Hall–Kier alpha value is -0.130. The Labute approximate surface area is 111 Å². The van der Waals surface area contributed by atoms with Gasteiger partial charge in [0.05, 0.1) is 5.75 Å². The first kappa shape index (κ1) is 14.3. The van der Waals surface area contributed by atoms with Gasteiger partial charge in [0.25, 0.3) is 0 Å². The summed E-state index contributed by atoms with van der Waals surface area (Å²) in [4.78, 5) is 0. The summed E-state index contributed by atoms with van der Waals surface area (Å²) in [5.41, 5.74) is 0. The van der Waals surface area contributed by atoms with E-state index in [0.29, 0.717) is 24.3 Å². The van der Waals surface area contributed by atoms with Crippen molar-refractivity contribution in [3.05, 3.63) is 0 Å². The third-order valence-corrected chi connectivity index (χ3v) is 5.78. The van der Waals surface area contributed by atoms with Crippen LogP contribution in [0, 0.1) is 5.92 Å². The molecule has 4 nitrogen and oxygen atoms in total. The topological polar surface area (TPSA) is 49.4 Å².